The van der Waals surface area contributed by atoms with Crippen LogP contribution in [0, 0.1) is 5.92 Å². The van der Waals surface area contributed by atoms with Gasteiger partial charge in [0, 0.05) is 18.6 Å². The summed E-state index contributed by atoms with van der Waals surface area (Å²) >= 11 is 0. The van der Waals surface area contributed by atoms with Crippen LogP contribution in [0.25, 0.3) is 0 Å². The van der Waals surface area contributed by atoms with Crippen molar-refractivity contribution in [2.75, 3.05) is 0 Å². The van der Waals surface area contributed by atoms with Crippen molar-refractivity contribution < 1.29 is 14.6 Å². The van der Waals surface area contributed by atoms with E-state index in [-0.39, 0.29) is 18.1 Å². The molecule has 114 valence electrons. The second-order valence-electron chi connectivity index (χ2n) is 6.46. The van der Waals surface area contributed by atoms with Gasteiger partial charge in [-0.3, -0.25) is 9.69 Å². The number of carboxylic acid groups (broad SMARTS) is 1. The summed E-state index contributed by atoms with van der Waals surface area (Å²) < 4.78 is 5.65. The van der Waals surface area contributed by atoms with Crippen LogP contribution in [0.4, 0.5) is 0 Å². The van der Waals surface area contributed by atoms with E-state index in [4.69, 9.17) is 4.74 Å². The summed E-state index contributed by atoms with van der Waals surface area (Å²) in [4.78, 5) is 13.7. The minimum Gasteiger partial charge on any atom is -0.491 e. The number of fused-ring (bicyclic) bond motifs is 2. The number of rotatable bonds is 5. The first kappa shape index (κ1) is 14.4. The summed E-state index contributed by atoms with van der Waals surface area (Å²) in [6.45, 7) is 4.88. The third-order valence-electron chi connectivity index (χ3n) is 4.66. The van der Waals surface area contributed by atoms with Crippen LogP contribution >= 0.6 is 0 Å². The fourth-order valence-corrected chi connectivity index (χ4v) is 3.77. The van der Waals surface area contributed by atoms with Crippen LogP contribution in [-0.2, 0) is 11.3 Å². The lowest BCUT2D eigenvalue weighted by atomic mass is 9.89. The van der Waals surface area contributed by atoms with E-state index < -0.39 is 5.97 Å². The highest BCUT2D eigenvalue weighted by atomic mass is 16.5. The quantitative estimate of drug-likeness (QED) is 0.905. The number of aliphatic carboxylic acids is 1. The fourth-order valence-electron chi connectivity index (χ4n) is 3.77. The van der Waals surface area contributed by atoms with Gasteiger partial charge in [0.1, 0.15) is 5.75 Å². The van der Waals surface area contributed by atoms with Gasteiger partial charge in [0.25, 0.3) is 0 Å². The van der Waals surface area contributed by atoms with Crippen LogP contribution in [0.3, 0.4) is 0 Å². The molecule has 0 saturated carbocycles. The first-order valence-corrected chi connectivity index (χ1v) is 7.78. The maximum atomic E-state index is 11.3. The first-order chi connectivity index (χ1) is 10.0. The molecule has 1 aromatic rings. The van der Waals surface area contributed by atoms with E-state index in [1.54, 1.807) is 0 Å². The van der Waals surface area contributed by atoms with Gasteiger partial charge >= 0.3 is 5.97 Å². The van der Waals surface area contributed by atoms with Gasteiger partial charge in [0.05, 0.1) is 12.0 Å². The molecule has 0 radical (unpaired) electrons. The van der Waals surface area contributed by atoms with E-state index in [0.717, 1.165) is 31.6 Å². The molecule has 0 spiro atoms. The molecule has 3 unspecified atom stereocenters. The first-order valence-electron chi connectivity index (χ1n) is 7.78. The maximum absolute atomic E-state index is 11.3. The molecule has 1 N–H and O–H groups in total. The average molecular weight is 289 g/mol. The summed E-state index contributed by atoms with van der Waals surface area (Å²) in [5.74, 6) is 0.0849. The zero-order chi connectivity index (χ0) is 15.0. The number of hydrogen-bond acceptors (Lipinski definition) is 3. The van der Waals surface area contributed by atoms with Gasteiger partial charge in [-0.25, -0.2) is 0 Å². The Kier molecular flexibility index (Phi) is 3.89. The Hall–Kier alpha value is -1.55. The fraction of sp³-hybridized carbons (Fsp3) is 0.588. The minimum absolute atomic E-state index is 0.174. The topological polar surface area (TPSA) is 49.8 Å². The second-order valence-corrected chi connectivity index (χ2v) is 6.46. The minimum atomic E-state index is -0.632. The summed E-state index contributed by atoms with van der Waals surface area (Å²) in [6, 6.07) is 8.85. The van der Waals surface area contributed by atoms with E-state index >= 15 is 0 Å². The molecule has 4 heteroatoms. The predicted octanol–water partition coefficient (Wildman–Crippen LogP) is 2.91. The lowest BCUT2D eigenvalue weighted by Crippen LogP contribution is -2.32. The summed E-state index contributed by atoms with van der Waals surface area (Å²) in [5, 5.41) is 9.30. The van der Waals surface area contributed by atoms with Gasteiger partial charge in [-0.2, -0.15) is 0 Å². The van der Waals surface area contributed by atoms with Crippen LogP contribution in [-0.4, -0.2) is 34.2 Å². The predicted molar refractivity (Wildman–Crippen MR) is 80.3 cm³/mol. The van der Waals surface area contributed by atoms with Gasteiger partial charge < -0.3 is 9.84 Å². The molecule has 4 nitrogen and oxygen atoms in total. The Labute approximate surface area is 125 Å². The summed E-state index contributed by atoms with van der Waals surface area (Å²) in [7, 11) is 0. The van der Waals surface area contributed by atoms with Crippen molar-refractivity contribution in [1.29, 1.82) is 0 Å². The highest BCUT2D eigenvalue weighted by Crippen LogP contribution is 2.42. The smallest absolute Gasteiger partial charge is 0.308 e. The Morgan fingerprint density at radius 2 is 2.05 bits per heavy atom. The van der Waals surface area contributed by atoms with Gasteiger partial charge in [-0.15, -0.1) is 0 Å². The van der Waals surface area contributed by atoms with E-state index in [1.807, 2.05) is 26.0 Å². The van der Waals surface area contributed by atoms with Crippen LogP contribution in [0.15, 0.2) is 24.3 Å². The molecule has 3 atom stereocenters. The molecule has 2 saturated heterocycles. The number of nitrogens with zero attached hydrogens (tertiary/aromatic N) is 1. The second kappa shape index (κ2) is 5.68. The molecular weight excluding hydrogens is 266 g/mol. The van der Waals surface area contributed by atoms with Crippen molar-refractivity contribution in [1.82, 2.24) is 4.90 Å². The molecule has 2 fully saturated rings. The van der Waals surface area contributed by atoms with Crippen LogP contribution < -0.4 is 4.74 Å². The van der Waals surface area contributed by atoms with Crippen molar-refractivity contribution in [2.45, 2.75) is 57.8 Å². The van der Waals surface area contributed by atoms with Gasteiger partial charge in [-0.1, -0.05) is 12.1 Å². The third kappa shape index (κ3) is 2.91. The zero-order valence-electron chi connectivity index (χ0n) is 12.7. The molecule has 0 aliphatic carbocycles. The van der Waals surface area contributed by atoms with E-state index in [1.165, 1.54) is 5.56 Å². The highest BCUT2D eigenvalue weighted by Gasteiger charge is 2.48. The molecule has 2 aliphatic rings. The summed E-state index contributed by atoms with van der Waals surface area (Å²) in [6.07, 6.45) is 3.16. The SMILES string of the molecule is CC(C)Oc1ccc(CN2C3CCC2C(C(=O)O)C3)cc1. The molecule has 2 heterocycles. The van der Waals surface area contributed by atoms with E-state index in [9.17, 15) is 9.90 Å². The van der Waals surface area contributed by atoms with Crippen molar-refractivity contribution >= 4 is 5.97 Å². The monoisotopic (exact) mass is 289 g/mol. The Morgan fingerprint density at radius 3 is 2.62 bits per heavy atom. The molecular formula is C17H23NO3. The number of carboxylic acids is 1. The van der Waals surface area contributed by atoms with Gasteiger partial charge in [0.15, 0.2) is 0 Å². The van der Waals surface area contributed by atoms with Crippen molar-refractivity contribution in [3.63, 3.8) is 0 Å². The molecule has 21 heavy (non-hydrogen) atoms. The average Bonchev–Trinajstić information content (AvgIpc) is 2.97. The Bertz CT molecular complexity index is 511. The largest absolute Gasteiger partial charge is 0.491 e. The number of ether oxygens (including phenoxy) is 1. The number of hydrogen-bond donors (Lipinski definition) is 1. The Balaban J connectivity index is 1.66. The number of benzene rings is 1. The lowest BCUT2D eigenvalue weighted by Gasteiger charge is -2.23. The third-order valence-corrected chi connectivity index (χ3v) is 4.66. The molecule has 3 rings (SSSR count). The Morgan fingerprint density at radius 1 is 1.33 bits per heavy atom. The maximum Gasteiger partial charge on any atom is 0.308 e. The lowest BCUT2D eigenvalue weighted by molar-refractivity contribution is -0.142. The molecule has 0 aromatic heterocycles. The van der Waals surface area contributed by atoms with Crippen LogP contribution in [0.2, 0.25) is 0 Å². The van der Waals surface area contributed by atoms with Crippen LogP contribution in [0.5, 0.6) is 5.75 Å². The van der Waals surface area contributed by atoms with Crippen molar-refractivity contribution in [3.05, 3.63) is 29.8 Å². The normalized spacial score (nSPS) is 28.2. The molecule has 1 aromatic carbocycles. The number of carbonyl (C=O) groups is 1. The van der Waals surface area contributed by atoms with E-state index in [2.05, 4.69) is 17.0 Å². The molecule has 2 bridgehead atoms. The zero-order valence-corrected chi connectivity index (χ0v) is 12.7. The van der Waals surface area contributed by atoms with Gasteiger partial charge in [-0.05, 0) is 50.8 Å². The molecule has 0 amide bonds. The summed E-state index contributed by atoms with van der Waals surface area (Å²) in [5.41, 5.74) is 1.23. The molecule has 2 aliphatic heterocycles. The van der Waals surface area contributed by atoms with Crippen molar-refractivity contribution in [3.8, 4) is 5.75 Å². The highest BCUT2D eigenvalue weighted by molar-refractivity contribution is 5.71. The van der Waals surface area contributed by atoms with Crippen molar-refractivity contribution in [2.24, 2.45) is 5.92 Å². The van der Waals surface area contributed by atoms with Crippen LogP contribution in [0.1, 0.15) is 38.7 Å². The van der Waals surface area contributed by atoms with Gasteiger partial charge in [0.2, 0.25) is 0 Å². The standard InChI is InChI=1S/C17H23NO3/c1-11(2)21-14-6-3-12(4-7-14)10-18-13-5-8-16(18)15(9-13)17(19)20/h3-4,6-7,11,13,15-16H,5,8-10H2,1-2H3,(H,19,20). The van der Waals surface area contributed by atoms with E-state index in [0.29, 0.717) is 6.04 Å².